The molecule has 0 unspecified atom stereocenters. The summed E-state index contributed by atoms with van der Waals surface area (Å²) in [5, 5.41) is 0. The van der Waals surface area contributed by atoms with Crippen LogP contribution in [0.2, 0.25) is 0 Å². The molecular weight excluding hydrogens is 336 g/mol. The highest BCUT2D eigenvalue weighted by Crippen LogP contribution is 2.21. The topological polar surface area (TPSA) is 0 Å². The summed E-state index contributed by atoms with van der Waals surface area (Å²) in [6.45, 7) is 5.96. The third-order valence-electron chi connectivity index (χ3n) is 5.11. The van der Waals surface area contributed by atoms with Crippen LogP contribution in [0.15, 0.2) is 91.5 Å². The van der Waals surface area contributed by atoms with E-state index in [0.29, 0.717) is 0 Å². The average molecular weight is 367 g/mol. The van der Waals surface area contributed by atoms with Gasteiger partial charge in [-0.05, 0) is 65.5 Å². The molecule has 0 nitrogen and oxygen atoms in total. The standard InChI is InChI=1S/C28H30/c1-3-5-7-23-9-11-25(12-10-23)13-14-26-17-21-28(22-18-26)27-19-15-24(16-20-27)8-6-4-2/h4-5,7,9-12,15-22H,2-3,6,8,13-14H2,1H3/b7-5+. The van der Waals surface area contributed by atoms with Crippen LogP contribution in [-0.4, -0.2) is 0 Å². The normalized spacial score (nSPS) is 11.0. The predicted molar refractivity (Wildman–Crippen MR) is 124 cm³/mol. The van der Waals surface area contributed by atoms with E-state index in [1.807, 2.05) is 6.08 Å². The molecule has 142 valence electrons. The van der Waals surface area contributed by atoms with E-state index in [4.69, 9.17) is 0 Å². The Hall–Kier alpha value is -2.86. The molecule has 0 radical (unpaired) electrons. The fraction of sp³-hybridized carbons (Fsp3) is 0.214. The molecule has 0 saturated carbocycles. The number of allylic oxidation sites excluding steroid dienone is 2. The summed E-state index contributed by atoms with van der Waals surface area (Å²) in [5.74, 6) is 0. The van der Waals surface area contributed by atoms with Gasteiger partial charge >= 0.3 is 0 Å². The molecule has 0 heteroatoms. The zero-order valence-corrected chi connectivity index (χ0v) is 16.9. The van der Waals surface area contributed by atoms with Crippen molar-refractivity contribution in [3.8, 4) is 11.1 Å². The summed E-state index contributed by atoms with van der Waals surface area (Å²) in [6.07, 6.45) is 11.7. The van der Waals surface area contributed by atoms with Crippen LogP contribution >= 0.6 is 0 Å². The third kappa shape index (κ3) is 5.82. The Morgan fingerprint density at radius 3 is 1.57 bits per heavy atom. The van der Waals surface area contributed by atoms with Gasteiger partial charge in [-0.15, -0.1) is 6.58 Å². The molecule has 0 heterocycles. The van der Waals surface area contributed by atoms with E-state index in [1.54, 1.807) is 0 Å². The van der Waals surface area contributed by atoms with Gasteiger partial charge in [0.15, 0.2) is 0 Å². The van der Waals surface area contributed by atoms with E-state index in [0.717, 1.165) is 32.1 Å². The van der Waals surface area contributed by atoms with Gasteiger partial charge in [-0.1, -0.05) is 97.9 Å². The van der Waals surface area contributed by atoms with Crippen LogP contribution in [0, 0.1) is 0 Å². The molecule has 0 aliphatic carbocycles. The van der Waals surface area contributed by atoms with Crippen LogP contribution in [-0.2, 0) is 19.3 Å². The zero-order valence-electron chi connectivity index (χ0n) is 16.9. The van der Waals surface area contributed by atoms with Crippen molar-refractivity contribution in [2.24, 2.45) is 0 Å². The van der Waals surface area contributed by atoms with E-state index in [2.05, 4.69) is 98.5 Å². The van der Waals surface area contributed by atoms with E-state index in [1.165, 1.54) is 33.4 Å². The molecule has 0 bridgehead atoms. The van der Waals surface area contributed by atoms with Gasteiger partial charge in [0, 0.05) is 0 Å². The largest absolute Gasteiger partial charge is 0.103 e. The first-order valence-electron chi connectivity index (χ1n) is 10.3. The monoisotopic (exact) mass is 366 g/mol. The summed E-state index contributed by atoms with van der Waals surface area (Å²) in [6, 6.07) is 26.8. The Kier molecular flexibility index (Phi) is 7.44. The number of hydrogen-bond acceptors (Lipinski definition) is 0. The number of hydrogen-bond donors (Lipinski definition) is 0. The number of aryl methyl sites for hydroxylation is 3. The van der Waals surface area contributed by atoms with Crippen LogP contribution < -0.4 is 0 Å². The van der Waals surface area contributed by atoms with Crippen LogP contribution in [0.4, 0.5) is 0 Å². The molecule has 0 spiro atoms. The predicted octanol–water partition coefficient (Wildman–Crippen LogP) is 7.68. The van der Waals surface area contributed by atoms with Gasteiger partial charge in [-0.25, -0.2) is 0 Å². The van der Waals surface area contributed by atoms with Crippen molar-refractivity contribution in [3.05, 3.63) is 114 Å². The third-order valence-corrected chi connectivity index (χ3v) is 5.11. The molecule has 0 atom stereocenters. The van der Waals surface area contributed by atoms with Crippen LogP contribution in [0.25, 0.3) is 17.2 Å². The summed E-state index contributed by atoms with van der Waals surface area (Å²) >= 11 is 0. The second-order valence-corrected chi connectivity index (χ2v) is 7.27. The van der Waals surface area contributed by atoms with Gasteiger partial charge < -0.3 is 0 Å². The second-order valence-electron chi connectivity index (χ2n) is 7.27. The van der Waals surface area contributed by atoms with Crippen LogP contribution in [0.3, 0.4) is 0 Å². The van der Waals surface area contributed by atoms with Crippen LogP contribution in [0.5, 0.6) is 0 Å². The molecule has 3 rings (SSSR count). The van der Waals surface area contributed by atoms with E-state index < -0.39 is 0 Å². The number of rotatable bonds is 9. The molecule has 0 amide bonds. The summed E-state index contributed by atoms with van der Waals surface area (Å²) < 4.78 is 0. The molecule has 0 aliphatic rings. The molecular formula is C28H30. The zero-order chi connectivity index (χ0) is 19.6. The molecule has 28 heavy (non-hydrogen) atoms. The average Bonchev–Trinajstić information content (AvgIpc) is 2.76. The Morgan fingerprint density at radius 2 is 1.11 bits per heavy atom. The summed E-state index contributed by atoms with van der Waals surface area (Å²) in [7, 11) is 0. The van der Waals surface area contributed by atoms with Gasteiger partial charge in [0.1, 0.15) is 0 Å². The van der Waals surface area contributed by atoms with Crippen molar-refractivity contribution in [3.63, 3.8) is 0 Å². The Labute approximate surface area is 170 Å². The SMILES string of the molecule is C=CCCc1ccc(-c2ccc(CCc3ccc(/C=C/CC)cc3)cc2)cc1. The highest BCUT2D eigenvalue weighted by Gasteiger charge is 2.01. The van der Waals surface area contributed by atoms with Crippen LogP contribution in [0.1, 0.15) is 42.0 Å². The van der Waals surface area contributed by atoms with E-state index in [9.17, 15) is 0 Å². The quantitative estimate of drug-likeness (QED) is 0.341. The van der Waals surface area contributed by atoms with Crippen molar-refractivity contribution < 1.29 is 0 Å². The molecule has 3 aromatic rings. The Morgan fingerprint density at radius 1 is 0.643 bits per heavy atom. The van der Waals surface area contributed by atoms with Gasteiger partial charge in [-0.2, -0.15) is 0 Å². The fourth-order valence-corrected chi connectivity index (χ4v) is 3.33. The minimum absolute atomic E-state index is 1.03. The maximum absolute atomic E-state index is 3.80. The lowest BCUT2D eigenvalue weighted by Crippen LogP contribution is -1.91. The van der Waals surface area contributed by atoms with Crippen molar-refractivity contribution in [2.75, 3.05) is 0 Å². The molecule has 3 aromatic carbocycles. The molecule has 0 N–H and O–H groups in total. The lowest BCUT2D eigenvalue weighted by Gasteiger charge is -2.07. The maximum atomic E-state index is 3.80. The van der Waals surface area contributed by atoms with Gasteiger partial charge in [0.25, 0.3) is 0 Å². The molecule has 0 saturated heterocycles. The van der Waals surface area contributed by atoms with Gasteiger partial charge in [0.05, 0.1) is 0 Å². The minimum atomic E-state index is 1.03. The molecule has 0 fully saturated rings. The summed E-state index contributed by atoms with van der Waals surface area (Å²) in [5.41, 5.74) is 8.01. The van der Waals surface area contributed by atoms with Crippen molar-refractivity contribution in [1.29, 1.82) is 0 Å². The highest BCUT2D eigenvalue weighted by atomic mass is 14.1. The summed E-state index contributed by atoms with van der Waals surface area (Å²) in [4.78, 5) is 0. The smallest absolute Gasteiger partial charge is 0.0184 e. The lowest BCUT2D eigenvalue weighted by atomic mass is 9.98. The van der Waals surface area contributed by atoms with E-state index in [-0.39, 0.29) is 0 Å². The van der Waals surface area contributed by atoms with E-state index >= 15 is 0 Å². The fourth-order valence-electron chi connectivity index (χ4n) is 3.33. The molecule has 0 aliphatic heterocycles. The Balaban J connectivity index is 1.57. The van der Waals surface area contributed by atoms with Crippen molar-refractivity contribution >= 4 is 6.08 Å². The number of benzene rings is 3. The minimum Gasteiger partial charge on any atom is -0.103 e. The molecule has 0 aromatic heterocycles. The van der Waals surface area contributed by atoms with Crippen molar-refractivity contribution in [2.45, 2.75) is 39.0 Å². The highest BCUT2D eigenvalue weighted by molar-refractivity contribution is 5.64. The lowest BCUT2D eigenvalue weighted by molar-refractivity contribution is 0.960. The van der Waals surface area contributed by atoms with Gasteiger partial charge in [-0.3, -0.25) is 0 Å². The maximum Gasteiger partial charge on any atom is -0.0184 e. The van der Waals surface area contributed by atoms with Gasteiger partial charge in [0.2, 0.25) is 0 Å². The first kappa shape index (κ1) is 19.9. The second kappa shape index (κ2) is 10.5. The Bertz CT molecular complexity index is 878. The van der Waals surface area contributed by atoms with Crippen molar-refractivity contribution in [1.82, 2.24) is 0 Å². The first-order chi connectivity index (χ1) is 13.8. The first-order valence-corrected chi connectivity index (χ1v) is 10.3.